The molecule has 0 bridgehead atoms. The first-order valence-electron chi connectivity index (χ1n) is 5.51. The zero-order chi connectivity index (χ0) is 10.8. The van der Waals surface area contributed by atoms with Crippen LogP contribution in [-0.4, -0.2) is 29.3 Å². The molecule has 1 fully saturated rings. The van der Waals surface area contributed by atoms with Crippen molar-refractivity contribution in [3.8, 4) is 0 Å². The van der Waals surface area contributed by atoms with Crippen LogP contribution in [0.15, 0.2) is 0 Å². The zero-order valence-corrected chi connectivity index (χ0v) is 10.1. The van der Waals surface area contributed by atoms with Gasteiger partial charge in [0.2, 0.25) is 5.13 Å². The van der Waals surface area contributed by atoms with Gasteiger partial charge < -0.3 is 10.6 Å². The summed E-state index contributed by atoms with van der Waals surface area (Å²) in [5, 5.41) is 10.3. The summed E-state index contributed by atoms with van der Waals surface area (Å²) >= 11 is 1.67. The monoisotopic (exact) mass is 226 g/mol. The van der Waals surface area contributed by atoms with Gasteiger partial charge in [0.15, 0.2) is 0 Å². The largest absolute Gasteiger partial charge is 0.346 e. The van der Waals surface area contributed by atoms with E-state index in [1.807, 2.05) is 6.92 Å². The Morgan fingerprint density at radius 2 is 2.33 bits per heavy atom. The number of anilines is 1. The van der Waals surface area contributed by atoms with Crippen LogP contribution in [0.5, 0.6) is 0 Å². The lowest BCUT2D eigenvalue weighted by Gasteiger charge is -2.36. The molecule has 1 aliphatic heterocycles. The minimum atomic E-state index is 0.361. The summed E-state index contributed by atoms with van der Waals surface area (Å²) in [6, 6.07) is 0.361. The molecule has 0 amide bonds. The molecule has 2 N–H and O–H groups in total. The maximum Gasteiger partial charge on any atom is 0.208 e. The lowest BCUT2D eigenvalue weighted by Crippen LogP contribution is -2.46. The Morgan fingerprint density at radius 1 is 1.53 bits per heavy atom. The molecule has 0 aliphatic carbocycles. The topological polar surface area (TPSA) is 55.0 Å². The van der Waals surface area contributed by atoms with Gasteiger partial charge in [0.05, 0.1) is 0 Å². The first-order valence-corrected chi connectivity index (χ1v) is 6.33. The third kappa shape index (κ3) is 2.29. The third-order valence-electron chi connectivity index (χ3n) is 3.10. The first-order chi connectivity index (χ1) is 7.20. The van der Waals surface area contributed by atoms with Crippen molar-refractivity contribution >= 4 is 16.5 Å². The van der Waals surface area contributed by atoms with Gasteiger partial charge in [-0.15, -0.1) is 10.2 Å². The van der Waals surface area contributed by atoms with Crippen LogP contribution < -0.4 is 10.6 Å². The van der Waals surface area contributed by atoms with E-state index in [0.29, 0.717) is 12.0 Å². The summed E-state index contributed by atoms with van der Waals surface area (Å²) in [6.07, 6.45) is 2.21. The third-order valence-corrected chi connectivity index (χ3v) is 4.00. The minimum absolute atomic E-state index is 0.361. The fraction of sp³-hybridized carbons (Fsp3) is 0.800. The molecule has 5 heteroatoms. The summed E-state index contributed by atoms with van der Waals surface area (Å²) in [6.45, 7) is 6.26. The maximum absolute atomic E-state index is 6.08. The molecule has 0 aromatic carbocycles. The van der Waals surface area contributed by atoms with Crippen molar-refractivity contribution in [3.63, 3.8) is 0 Å². The summed E-state index contributed by atoms with van der Waals surface area (Å²) in [4.78, 5) is 2.32. The molecule has 2 atom stereocenters. The van der Waals surface area contributed by atoms with Crippen LogP contribution in [-0.2, 0) is 0 Å². The molecule has 1 saturated heterocycles. The minimum Gasteiger partial charge on any atom is -0.346 e. The number of hydrogen-bond donors (Lipinski definition) is 1. The normalized spacial score (nSPS) is 27.0. The SMILES string of the molecule is CCC1CN(c2nnc(C)s2)CCC1N. The van der Waals surface area contributed by atoms with Crippen molar-refractivity contribution in [1.82, 2.24) is 10.2 Å². The standard InChI is InChI=1S/C10H18N4S/c1-3-8-6-14(5-4-9(8)11)10-13-12-7(2)15-10/h8-9H,3-6,11H2,1-2H3. The molecule has 4 nitrogen and oxygen atoms in total. The van der Waals surface area contributed by atoms with Gasteiger partial charge in [0.25, 0.3) is 0 Å². The number of aromatic nitrogens is 2. The molecule has 1 aromatic rings. The molecular weight excluding hydrogens is 208 g/mol. The highest BCUT2D eigenvalue weighted by molar-refractivity contribution is 7.15. The van der Waals surface area contributed by atoms with E-state index in [0.717, 1.165) is 36.1 Å². The highest BCUT2D eigenvalue weighted by atomic mass is 32.1. The molecule has 84 valence electrons. The fourth-order valence-corrected chi connectivity index (χ4v) is 2.79. The molecule has 0 saturated carbocycles. The van der Waals surface area contributed by atoms with Gasteiger partial charge in [-0.05, 0) is 19.3 Å². The number of hydrogen-bond acceptors (Lipinski definition) is 5. The van der Waals surface area contributed by atoms with Crippen molar-refractivity contribution in [2.24, 2.45) is 11.7 Å². The highest BCUT2D eigenvalue weighted by Crippen LogP contribution is 2.26. The van der Waals surface area contributed by atoms with E-state index in [2.05, 4.69) is 22.0 Å². The Kier molecular flexibility index (Phi) is 3.21. The second kappa shape index (κ2) is 4.45. The van der Waals surface area contributed by atoms with Crippen LogP contribution in [0.25, 0.3) is 0 Å². The average molecular weight is 226 g/mol. The predicted octanol–water partition coefficient (Wildman–Crippen LogP) is 1.41. The molecule has 15 heavy (non-hydrogen) atoms. The number of nitrogens with zero attached hydrogens (tertiary/aromatic N) is 3. The van der Waals surface area contributed by atoms with Gasteiger partial charge in [-0.1, -0.05) is 24.7 Å². The van der Waals surface area contributed by atoms with E-state index in [4.69, 9.17) is 5.73 Å². The molecule has 1 aromatic heterocycles. The van der Waals surface area contributed by atoms with Gasteiger partial charge in [-0.3, -0.25) is 0 Å². The van der Waals surface area contributed by atoms with Crippen molar-refractivity contribution in [2.45, 2.75) is 32.7 Å². The first kappa shape index (κ1) is 10.8. The van der Waals surface area contributed by atoms with Crippen molar-refractivity contribution in [3.05, 3.63) is 5.01 Å². The molecular formula is C10H18N4S. The smallest absolute Gasteiger partial charge is 0.208 e. The van der Waals surface area contributed by atoms with E-state index < -0.39 is 0 Å². The van der Waals surface area contributed by atoms with E-state index in [1.165, 1.54) is 0 Å². The predicted molar refractivity (Wildman–Crippen MR) is 63.2 cm³/mol. The maximum atomic E-state index is 6.08. The number of aryl methyl sites for hydroxylation is 1. The fourth-order valence-electron chi connectivity index (χ4n) is 2.07. The van der Waals surface area contributed by atoms with E-state index in [9.17, 15) is 0 Å². The number of rotatable bonds is 2. The highest BCUT2D eigenvalue weighted by Gasteiger charge is 2.26. The quantitative estimate of drug-likeness (QED) is 0.828. The molecule has 0 radical (unpaired) electrons. The van der Waals surface area contributed by atoms with Crippen LogP contribution >= 0.6 is 11.3 Å². The van der Waals surface area contributed by atoms with Crippen molar-refractivity contribution in [2.75, 3.05) is 18.0 Å². The van der Waals surface area contributed by atoms with Crippen LogP contribution in [0.4, 0.5) is 5.13 Å². The molecule has 0 spiro atoms. The van der Waals surface area contributed by atoms with Gasteiger partial charge in [0, 0.05) is 19.1 Å². The number of nitrogens with two attached hydrogens (primary N) is 1. The number of piperidine rings is 1. The molecule has 2 heterocycles. The average Bonchev–Trinajstić information content (AvgIpc) is 2.66. The summed E-state index contributed by atoms with van der Waals surface area (Å²) in [7, 11) is 0. The lowest BCUT2D eigenvalue weighted by atomic mass is 9.91. The summed E-state index contributed by atoms with van der Waals surface area (Å²) in [5.74, 6) is 0.600. The summed E-state index contributed by atoms with van der Waals surface area (Å²) in [5.41, 5.74) is 6.08. The molecule has 1 aliphatic rings. The second-order valence-electron chi connectivity index (χ2n) is 4.17. The van der Waals surface area contributed by atoms with Crippen LogP contribution in [0.2, 0.25) is 0 Å². The zero-order valence-electron chi connectivity index (χ0n) is 9.31. The Balaban J connectivity index is 2.06. The van der Waals surface area contributed by atoms with Crippen molar-refractivity contribution < 1.29 is 0 Å². The Bertz CT molecular complexity index is 325. The second-order valence-corrected chi connectivity index (χ2v) is 5.33. The molecule has 2 unspecified atom stereocenters. The Morgan fingerprint density at radius 3 is 2.93 bits per heavy atom. The van der Waals surface area contributed by atoms with Crippen LogP contribution in [0.3, 0.4) is 0 Å². The van der Waals surface area contributed by atoms with Crippen LogP contribution in [0, 0.1) is 12.8 Å². The van der Waals surface area contributed by atoms with Crippen molar-refractivity contribution in [1.29, 1.82) is 0 Å². The Hall–Kier alpha value is -0.680. The van der Waals surface area contributed by atoms with Gasteiger partial charge in [-0.2, -0.15) is 0 Å². The van der Waals surface area contributed by atoms with E-state index in [1.54, 1.807) is 11.3 Å². The molecule has 2 rings (SSSR count). The van der Waals surface area contributed by atoms with Gasteiger partial charge in [0.1, 0.15) is 5.01 Å². The van der Waals surface area contributed by atoms with Crippen LogP contribution in [0.1, 0.15) is 24.8 Å². The van der Waals surface area contributed by atoms with E-state index >= 15 is 0 Å². The lowest BCUT2D eigenvalue weighted by molar-refractivity contribution is 0.347. The Labute approximate surface area is 94.5 Å². The van der Waals surface area contributed by atoms with E-state index in [-0.39, 0.29) is 0 Å². The summed E-state index contributed by atoms with van der Waals surface area (Å²) < 4.78 is 0. The van der Waals surface area contributed by atoms with Gasteiger partial charge >= 0.3 is 0 Å². The van der Waals surface area contributed by atoms with Gasteiger partial charge in [-0.25, -0.2) is 0 Å².